The molecule has 4 nitrogen and oxygen atoms in total. The smallest absolute Gasteiger partial charge is 0.164 e. The Bertz CT molecular complexity index is 3380. The van der Waals surface area contributed by atoms with E-state index in [0.29, 0.717) is 23.5 Å². The lowest BCUT2D eigenvalue weighted by Gasteiger charge is -2.16. The number of hydrogen-bond acceptors (Lipinski definition) is 4. The van der Waals surface area contributed by atoms with Crippen molar-refractivity contribution < 1.29 is 5.79 Å². The summed E-state index contributed by atoms with van der Waals surface area (Å²) in [4.78, 5) is 15.6. The normalized spacial score (nSPS) is 11.6. The molecule has 0 unspecified atom stereocenters. The molecule has 0 amide bonds. The van der Waals surface area contributed by atoms with Gasteiger partial charge in [-0.3, -0.25) is 0 Å². The predicted molar refractivity (Wildman–Crippen MR) is 243 cm³/mol. The number of aromatic nitrogens is 3. The molecule has 59 heavy (non-hydrogen) atoms. The number of nitrogens with zero attached hydrogens (tertiary/aromatic N) is 3. The van der Waals surface area contributed by atoms with Crippen molar-refractivity contribution in [3.8, 4) is 78.7 Å². The van der Waals surface area contributed by atoms with Crippen molar-refractivity contribution in [1.29, 1.82) is 0 Å². The van der Waals surface area contributed by atoms with Gasteiger partial charge in [0.2, 0.25) is 0 Å². The molecule has 0 spiro atoms. The van der Waals surface area contributed by atoms with Gasteiger partial charge in [-0.15, -0.1) is 0 Å². The van der Waals surface area contributed by atoms with E-state index in [0.717, 1.165) is 83.1 Å². The van der Waals surface area contributed by atoms with Gasteiger partial charge in [0.1, 0.15) is 11.2 Å². The second-order valence-electron chi connectivity index (χ2n) is 14.6. The molecule has 0 aliphatic carbocycles. The Morgan fingerprint density at radius 3 is 1.64 bits per heavy atom. The van der Waals surface area contributed by atoms with Gasteiger partial charge in [-0.1, -0.05) is 194 Å². The van der Waals surface area contributed by atoms with Crippen molar-refractivity contribution in [2.45, 2.75) is 0 Å². The lowest BCUT2D eigenvalue weighted by Crippen LogP contribution is -2.01. The van der Waals surface area contributed by atoms with Crippen LogP contribution >= 0.6 is 0 Å². The molecule has 0 aliphatic rings. The molecule has 276 valence electrons. The third kappa shape index (κ3) is 6.15. The molecule has 0 radical (unpaired) electrons. The highest BCUT2D eigenvalue weighted by atomic mass is 16.3. The number of fused-ring (bicyclic) bond motifs is 4. The molecule has 0 bridgehead atoms. The Morgan fingerprint density at radius 1 is 0.339 bits per heavy atom. The van der Waals surface area contributed by atoms with Crippen LogP contribution < -0.4 is 0 Å². The van der Waals surface area contributed by atoms with E-state index < -0.39 is 0 Å². The van der Waals surface area contributed by atoms with Crippen molar-refractivity contribution in [2.24, 2.45) is 0 Å². The lowest BCUT2D eigenvalue weighted by atomic mass is 9.90. The van der Waals surface area contributed by atoms with Gasteiger partial charge in [-0.2, -0.15) is 0 Å². The minimum Gasteiger partial charge on any atom is -0.455 e. The quantitative estimate of drug-likeness (QED) is 0.163. The summed E-state index contributed by atoms with van der Waals surface area (Å²) in [5.74, 6) is 1.63. The highest BCUT2D eigenvalue weighted by Crippen LogP contribution is 2.44. The van der Waals surface area contributed by atoms with Gasteiger partial charge >= 0.3 is 0 Å². The Kier molecular flexibility index (Phi) is 8.18. The van der Waals surface area contributed by atoms with Crippen molar-refractivity contribution >= 4 is 32.7 Å². The van der Waals surface area contributed by atoms with Crippen molar-refractivity contribution in [2.75, 3.05) is 0 Å². The number of hydrogen-bond donors (Lipinski definition) is 0. The summed E-state index contributed by atoms with van der Waals surface area (Å²) < 4.78 is 16.3. The minimum atomic E-state index is 0.384. The van der Waals surface area contributed by atoms with Gasteiger partial charge in [-0.25, -0.2) is 15.0 Å². The number of benzene rings is 9. The van der Waals surface area contributed by atoms with Gasteiger partial charge in [0.25, 0.3) is 0 Å². The summed E-state index contributed by atoms with van der Waals surface area (Å²) in [5, 5.41) is 4.22. The van der Waals surface area contributed by atoms with Crippen LogP contribution in [0.15, 0.2) is 217 Å². The Morgan fingerprint density at radius 2 is 0.881 bits per heavy atom. The molecule has 0 fully saturated rings. The van der Waals surface area contributed by atoms with E-state index in [1.807, 2.05) is 97.1 Å². The maximum Gasteiger partial charge on any atom is 0.164 e. The fourth-order valence-corrected chi connectivity index (χ4v) is 8.28. The lowest BCUT2D eigenvalue weighted by molar-refractivity contribution is 0.670. The highest BCUT2D eigenvalue weighted by Gasteiger charge is 2.22. The van der Waals surface area contributed by atoms with E-state index in [4.69, 9.17) is 19.4 Å². The maximum absolute atomic E-state index is 9.66. The summed E-state index contributed by atoms with van der Waals surface area (Å²) in [6, 6.07) is 70.7. The molecule has 11 aromatic rings. The van der Waals surface area contributed by atoms with Gasteiger partial charge in [0, 0.05) is 33.0 Å². The molecule has 0 aliphatic heterocycles. The van der Waals surface area contributed by atoms with Crippen LogP contribution in [-0.4, -0.2) is 15.0 Å². The summed E-state index contributed by atoms with van der Waals surface area (Å²) in [6.07, 6.45) is 0. The molecule has 0 saturated heterocycles. The first-order valence-electron chi connectivity index (χ1n) is 20.3. The third-order valence-corrected chi connectivity index (χ3v) is 11.1. The number of furan rings is 1. The standard InChI is InChI=1S/C55H35N3O/c1-4-17-37(18-5-1)42-33-34-46(51-48-28-14-15-30-50(48)59-52(42)51)44-26-12-13-27-47(44)55-57-53(39-22-8-3-9-23-39)56-54(58-55)40-31-32-45(49(35-40)38-19-6-2-7-20-38)43-29-16-24-36-21-10-11-25-41(36)43/h1-35H/i34D. The second kappa shape index (κ2) is 14.5. The molecule has 4 heteroatoms. The van der Waals surface area contributed by atoms with Gasteiger partial charge in [0.05, 0.1) is 1.37 Å². The minimum absolute atomic E-state index is 0.384. The molecule has 0 saturated carbocycles. The van der Waals surface area contributed by atoms with Crippen LogP contribution in [0.2, 0.25) is 0 Å². The van der Waals surface area contributed by atoms with Gasteiger partial charge in [-0.05, 0) is 67.9 Å². The van der Waals surface area contributed by atoms with Crippen LogP contribution in [0.3, 0.4) is 0 Å². The predicted octanol–water partition coefficient (Wildman–Crippen LogP) is 14.6. The summed E-state index contributed by atoms with van der Waals surface area (Å²) in [6.45, 7) is 0. The number of para-hydroxylation sites is 1. The first-order chi connectivity index (χ1) is 29.7. The summed E-state index contributed by atoms with van der Waals surface area (Å²) in [5.41, 5.74) is 12.0. The average Bonchev–Trinajstić information content (AvgIpc) is 3.71. The molecule has 11 rings (SSSR count). The van der Waals surface area contributed by atoms with Crippen LogP contribution in [0.25, 0.3) is 111 Å². The van der Waals surface area contributed by atoms with E-state index in [1.54, 1.807) is 0 Å². The van der Waals surface area contributed by atoms with Crippen LogP contribution in [0.4, 0.5) is 0 Å². The molecular formula is C55H35N3O. The van der Waals surface area contributed by atoms with E-state index in [9.17, 15) is 1.37 Å². The maximum atomic E-state index is 9.66. The fraction of sp³-hybridized carbons (Fsp3) is 0. The molecular weight excluding hydrogens is 719 g/mol. The molecule has 2 heterocycles. The van der Waals surface area contributed by atoms with Gasteiger partial charge < -0.3 is 4.42 Å². The Labute approximate surface area is 343 Å². The second-order valence-corrected chi connectivity index (χ2v) is 14.6. The Balaban J connectivity index is 1.14. The SMILES string of the molecule is [2H]c1cc(-c2ccccc2)c2oc3ccccc3c2c1-c1ccccc1-c1nc(-c2ccccc2)nc(-c2ccc(-c3cccc4ccccc34)c(-c3ccccc3)c2)n1. The van der Waals surface area contributed by atoms with Crippen molar-refractivity contribution in [1.82, 2.24) is 15.0 Å². The van der Waals surface area contributed by atoms with Gasteiger partial charge in [0.15, 0.2) is 17.5 Å². The van der Waals surface area contributed by atoms with Crippen LogP contribution in [0, 0.1) is 0 Å². The average molecular weight is 755 g/mol. The summed E-state index contributed by atoms with van der Waals surface area (Å²) in [7, 11) is 0. The topological polar surface area (TPSA) is 51.8 Å². The highest BCUT2D eigenvalue weighted by molar-refractivity contribution is 6.17. The summed E-state index contributed by atoms with van der Waals surface area (Å²) >= 11 is 0. The van der Waals surface area contributed by atoms with Crippen LogP contribution in [0.1, 0.15) is 1.37 Å². The van der Waals surface area contributed by atoms with Crippen LogP contribution in [0.5, 0.6) is 0 Å². The zero-order valence-corrected chi connectivity index (χ0v) is 31.9. The molecule has 2 aromatic heterocycles. The van der Waals surface area contributed by atoms with E-state index in [1.165, 1.54) is 10.8 Å². The van der Waals surface area contributed by atoms with Crippen molar-refractivity contribution in [3.63, 3.8) is 0 Å². The van der Waals surface area contributed by atoms with E-state index in [-0.39, 0.29) is 0 Å². The Hall–Kier alpha value is -7.95. The van der Waals surface area contributed by atoms with Crippen molar-refractivity contribution in [3.05, 3.63) is 212 Å². The zero-order chi connectivity index (χ0) is 40.0. The first-order valence-corrected chi connectivity index (χ1v) is 19.8. The largest absolute Gasteiger partial charge is 0.455 e. The third-order valence-electron chi connectivity index (χ3n) is 11.1. The molecule has 0 N–H and O–H groups in total. The monoisotopic (exact) mass is 754 g/mol. The van der Waals surface area contributed by atoms with Crippen LogP contribution in [-0.2, 0) is 0 Å². The van der Waals surface area contributed by atoms with E-state index >= 15 is 0 Å². The first kappa shape index (κ1) is 33.2. The molecule has 9 aromatic carbocycles. The zero-order valence-electron chi connectivity index (χ0n) is 32.9. The van der Waals surface area contributed by atoms with E-state index in [2.05, 4.69) is 109 Å². The fourth-order valence-electron chi connectivity index (χ4n) is 8.28. The number of rotatable bonds is 7. The molecule has 0 atom stereocenters.